The predicted octanol–water partition coefficient (Wildman–Crippen LogP) is 5.84. The van der Waals surface area contributed by atoms with Crippen LogP contribution in [-0.4, -0.2) is 28.0 Å². The van der Waals surface area contributed by atoms with Crippen molar-refractivity contribution in [3.05, 3.63) is 81.6 Å². The van der Waals surface area contributed by atoms with Gasteiger partial charge in [-0.1, -0.05) is 23.2 Å². The Hall–Kier alpha value is -3.42. The number of methoxy groups -OCH3 is 1. The van der Waals surface area contributed by atoms with Crippen LogP contribution in [0.25, 0.3) is 22.8 Å². The molecular weight excluding hydrogens is 454 g/mol. The van der Waals surface area contributed by atoms with E-state index in [-0.39, 0.29) is 11.7 Å². The second-order valence-corrected chi connectivity index (χ2v) is 7.80. The van der Waals surface area contributed by atoms with Crippen molar-refractivity contribution in [2.75, 3.05) is 12.4 Å². The largest absolute Gasteiger partial charge is 0.495 e. The molecule has 0 aliphatic carbocycles. The van der Waals surface area contributed by atoms with Gasteiger partial charge in [-0.3, -0.25) is 4.79 Å². The van der Waals surface area contributed by atoms with E-state index in [1.807, 2.05) is 13.0 Å². The molecule has 0 unspecified atom stereocenters. The van der Waals surface area contributed by atoms with E-state index in [1.165, 1.54) is 30.1 Å². The number of aryl methyl sites for hydroxylation is 1. The van der Waals surface area contributed by atoms with E-state index in [2.05, 4.69) is 15.5 Å². The number of ether oxygens (including phenoxy) is 1. The lowest BCUT2D eigenvalue weighted by Gasteiger charge is -2.08. The molecule has 0 bridgehead atoms. The fourth-order valence-electron chi connectivity index (χ4n) is 3.15. The average molecular weight is 471 g/mol. The maximum Gasteiger partial charge on any atom is 0.248 e. The second-order valence-electron chi connectivity index (χ2n) is 6.95. The number of benzene rings is 3. The third-order valence-corrected chi connectivity index (χ3v) is 5.20. The third-order valence-electron chi connectivity index (χ3n) is 4.70. The summed E-state index contributed by atoms with van der Waals surface area (Å²) in [5.41, 5.74) is 3.85. The van der Waals surface area contributed by atoms with Crippen molar-refractivity contribution in [1.82, 2.24) is 15.0 Å². The summed E-state index contributed by atoms with van der Waals surface area (Å²) in [5.74, 6) is -0.260. The van der Waals surface area contributed by atoms with Gasteiger partial charge < -0.3 is 10.1 Å². The Labute approximate surface area is 193 Å². The molecule has 0 atom stereocenters. The molecule has 3 aromatic carbocycles. The van der Waals surface area contributed by atoms with Crippen LogP contribution in [0, 0.1) is 12.7 Å². The second kappa shape index (κ2) is 8.98. The Morgan fingerprint density at radius 1 is 1.09 bits per heavy atom. The van der Waals surface area contributed by atoms with E-state index >= 15 is 0 Å². The number of hydrogen-bond donors (Lipinski definition) is 1. The average Bonchev–Trinajstić information content (AvgIpc) is 3.15. The quantitative estimate of drug-likeness (QED) is 0.372. The van der Waals surface area contributed by atoms with Gasteiger partial charge in [0.15, 0.2) is 0 Å². The molecule has 0 saturated heterocycles. The van der Waals surface area contributed by atoms with Crippen LogP contribution >= 0.6 is 23.2 Å². The Morgan fingerprint density at radius 2 is 1.78 bits per heavy atom. The van der Waals surface area contributed by atoms with Crippen LogP contribution in [0.1, 0.15) is 11.1 Å². The first kappa shape index (κ1) is 21.8. The molecule has 0 fully saturated rings. The molecule has 162 valence electrons. The molecule has 0 saturated carbocycles. The number of nitrogens with zero attached hydrogens (tertiary/aromatic N) is 3. The molecule has 1 amide bonds. The Bertz CT molecular complexity index is 1350. The molecule has 1 N–H and O–H groups in total. The van der Waals surface area contributed by atoms with Crippen molar-refractivity contribution < 1.29 is 13.9 Å². The Balaban J connectivity index is 1.57. The highest BCUT2D eigenvalue weighted by molar-refractivity contribution is 6.36. The molecule has 4 rings (SSSR count). The molecule has 1 heterocycles. The van der Waals surface area contributed by atoms with Crippen molar-refractivity contribution in [1.29, 1.82) is 0 Å². The molecule has 0 radical (unpaired) electrons. The summed E-state index contributed by atoms with van der Waals surface area (Å²) in [4.78, 5) is 13.9. The van der Waals surface area contributed by atoms with Gasteiger partial charge in [0.1, 0.15) is 22.6 Å². The molecule has 32 heavy (non-hydrogen) atoms. The van der Waals surface area contributed by atoms with E-state index in [0.29, 0.717) is 43.8 Å². The summed E-state index contributed by atoms with van der Waals surface area (Å²) in [5, 5.41) is 12.5. The molecule has 9 heteroatoms. The zero-order valence-electron chi connectivity index (χ0n) is 17.1. The maximum absolute atomic E-state index is 13.2. The maximum atomic E-state index is 13.2. The number of halogens is 3. The minimum Gasteiger partial charge on any atom is -0.495 e. The highest BCUT2D eigenvalue weighted by Crippen LogP contribution is 2.33. The van der Waals surface area contributed by atoms with Crippen molar-refractivity contribution >= 4 is 51.9 Å². The van der Waals surface area contributed by atoms with Crippen LogP contribution in [0.2, 0.25) is 10.0 Å². The standard InChI is InChI=1S/C23H17Cl2FN4O2/c1-13-9-20-21(29-30(28-20)17-6-4-16(26)5-7-17)12-19(13)27-22(31)8-3-14-10-15(24)11-18(25)23(14)32-2/h3-12H,1-2H3,(H,27,31)/b8-3+. The first-order chi connectivity index (χ1) is 15.3. The molecule has 4 aromatic rings. The molecule has 1 aromatic heterocycles. The van der Waals surface area contributed by atoms with Crippen LogP contribution in [0.3, 0.4) is 0 Å². The number of nitrogens with one attached hydrogen (secondary N) is 1. The summed E-state index contributed by atoms with van der Waals surface area (Å²) in [6, 6.07) is 12.6. The van der Waals surface area contributed by atoms with Crippen molar-refractivity contribution in [3.63, 3.8) is 0 Å². The highest BCUT2D eigenvalue weighted by atomic mass is 35.5. The van der Waals surface area contributed by atoms with Gasteiger partial charge in [0, 0.05) is 22.3 Å². The summed E-state index contributed by atoms with van der Waals surface area (Å²) >= 11 is 12.2. The number of rotatable bonds is 5. The topological polar surface area (TPSA) is 69.0 Å². The molecule has 0 aliphatic heterocycles. The monoisotopic (exact) mass is 470 g/mol. The highest BCUT2D eigenvalue weighted by Gasteiger charge is 2.11. The van der Waals surface area contributed by atoms with Gasteiger partial charge in [0.25, 0.3) is 0 Å². The molecular formula is C23H17Cl2FN4O2. The van der Waals surface area contributed by atoms with Crippen molar-refractivity contribution in [2.45, 2.75) is 6.92 Å². The van der Waals surface area contributed by atoms with Gasteiger partial charge in [0.05, 0.1) is 17.8 Å². The lowest BCUT2D eigenvalue weighted by atomic mass is 10.1. The lowest BCUT2D eigenvalue weighted by molar-refractivity contribution is -0.111. The summed E-state index contributed by atoms with van der Waals surface area (Å²) in [6.07, 6.45) is 2.94. The van der Waals surface area contributed by atoms with Crippen LogP contribution in [0.15, 0.2) is 54.6 Å². The van der Waals surface area contributed by atoms with Crippen LogP contribution < -0.4 is 10.1 Å². The van der Waals surface area contributed by atoms with Crippen LogP contribution in [-0.2, 0) is 4.79 Å². The lowest BCUT2D eigenvalue weighted by Crippen LogP contribution is -2.09. The van der Waals surface area contributed by atoms with Crippen LogP contribution in [0.5, 0.6) is 5.75 Å². The number of hydrogen-bond acceptors (Lipinski definition) is 4. The van der Waals surface area contributed by atoms with Gasteiger partial charge in [0.2, 0.25) is 5.91 Å². The minimum atomic E-state index is -0.350. The number of aromatic nitrogens is 3. The number of anilines is 1. The van der Waals surface area contributed by atoms with E-state index < -0.39 is 0 Å². The van der Waals surface area contributed by atoms with Crippen molar-refractivity contribution in [3.8, 4) is 11.4 Å². The molecule has 6 nitrogen and oxygen atoms in total. The smallest absolute Gasteiger partial charge is 0.248 e. The third kappa shape index (κ3) is 4.59. The predicted molar refractivity (Wildman–Crippen MR) is 124 cm³/mol. The zero-order valence-corrected chi connectivity index (χ0v) is 18.6. The van der Waals surface area contributed by atoms with Gasteiger partial charge in [-0.25, -0.2) is 4.39 Å². The van der Waals surface area contributed by atoms with Crippen LogP contribution in [0.4, 0.5) is 10.1 Å². The molecule has 0 aliphatic rings. The first-order valence-electron chi connectivity index (χ1n) is 9.50. The summed E-state index contributed by atoms with van der Waals surface area (Å²) in [7, 11) is 1.49. The Kier molecular flexibility index (Phi) is 6.12. The minimum absolute atomic E-state index is 0.336. The normalized spacial score (nSPS) is 11.3. The summed E-state index contributed by atoms with van der Waals surface area (Å²) < 4.78 is 18.5. The van der Waals surface area contributed by atoms with Gasteiger partial charge in [-0.05, 0) is 67.1 Å². The number of fused-ring (bicyclic) bond motifs is 1. The van der Waals surface area contributed by atoms with Crippen molar-refractivity contribution in [2.24, 2.45) is 0 Å². The zero-order chi connectivity index (χ0) is 22.8. The summed E-state index contributed by atoms with van der Waals surface area (Å²) in [6.45, 7) is 1.86. The van der Waals surface area contributed by atoms with Gasteiger partial charge in [-0.15, -0.1) is 10.2 Å². The number of carbonyl (C=O) groups is 1. The fraction of sp³-hybridized carbons (Fsp3) is 0.0870. The Morgan fingerprint density at radius 3 is 2.47 bits per heavy atom. The SMILES string of the molecule is COc1c(Cl)cc(Cl)cc1/C=C/C(=O)Nc1cc2nn(-c3ccc(F)cc3)nc2cc1C. The number of amides is 1. The molecule has 0 spiro atoms. The fourth-order valence-corrected chi connectivity index (χ4v) is 3.74. The van der Waals surface area contributed by atoms with E-state index in [0.717, 1.165) is 5.56 Å². The van der Waals surface area contributed by atoms with E-state index in [9.17, 15) is 9.18 Å². The number of carbonyl (C=O) groups excluding carboxylic acids is 1. The van der Waals surface area contributed by atoms with Gasteiger partial charge in [-0.2, -0.15) is 4.80 Å². The first-order valence-corrected chi connectivity index (χ1v) is 10.3. The van der Waals surface area contributed by atoms with E-state index in [1.54, 1.807) is 36.4 Å². The van der Waals surface area contributed by atoms with Gasteiger partial charge >= 0.3 is 0 Å². The van der Waals surface area contributed by atoms with E-state index in [4.69, 9.17) is 27.9 Å².